The van der Waals surface area contributed by atoms with E-state index in [1.54, 1.807) is 0 Å². The van der Waals surface area contributed by atoms with Gasteiger partial charge in [0.2, 0.25) is 0 Å². The fraction of sp³-hybridized carbons (Fsp3) is 0.125. The standard InChI is InChI=1S/C8H2BrClF3NO2S/c9-7-4(3-14)6(17(10,15)16)2-1-5(7)8(11,12)13/h1-2H. The molecule has 0 spiro atoms. The zero-order valence-electron chi connectivity index (χ0n) is 7.72. The second-order valence-electron chi connectivity index (χ2n) is 2.85. The predicted octanol–water partition coefficient (Wildman–Crippen LogP) is 3.27. The highest BCUT2D eigenvalue weighted by molar-refractivity contribution is 9.10. The molecule has 0 amide bonds. The molecule has 0 bridgehead atoms. The molecule has 92 valence electrons. The molecule has 1 rings (SSSR count). The van der Waals surface area contributed by atoms with Gasteiger partial charge in [-0.15, -0.1) is 0 Å². The molecule has 0 aliphatic rings. The number of halogens is 5. The maximum atomic E-state index is 12.5. The van der Waals surface area contributed by atoms with Crippen molar-refractivity contribution in [3.05, 3.63) is 27.7 Å². The Bertz CT molecular complexity index is 606. The number of nitrogens with zero attached hydrogens (tertiary/aromatic N) is 1. The quantitative estimate of drug-likeness (QED) is 0.732. The first-order valence-electron chi connectivity index (χ1n) is 3.83. The summed E-state index contributed by atoms with van der Waals surface area (Å²) in [5.41, 5.74) is -1.81. The van der Waals surface area contributed by atoms with Gasteiger partial charge >= 0.3 is 6.18 Å². The van der Waals surface area contributed by atoms with Crippen LogP contribution in [0.3, 0.4) is 0 Å². The van der Waals surface area contributed by atoms with Crippen LogP contribution in [0.4, 0.5) is 13.2 Å². The van der Waals surface area contributed by atoms with Crippen LogP contribution in [0.15, 0.2) is 21.5 Å². The van der Waals surface area contributed by atoms with E-state index >= 15 is 0 Å². The Balaban J connectivity index is 3.68. The van der Waals surface area contributed by atoms with Crippen LogP contribution in [-0.4, -0.2) is 8.42 Å². The lowest BCUT2D eigenvalue weighted by Gasteiger charge is -2.11. The van der Waals surface area contributed by atoms with Gasteiger partial charge in [0.1, 0.15) is 11.0 Å². The highest BCUT2D eigenvalue weighted by Gasteiger charge is 2.35. The summed E-state index contributed by atoms with van der Waals surface area (Å²) in [7, 11) is 0.722. The summed E-state index contributed by atoms with van der Waals surface area (Å²) in [4.78, 5) is -0.665. The van der Waals surface area contributed by atoms with Crippen LogP contribution in [0.2, 0.25) is 0 Å². The Morgan fingerprint density at radius 3 is 2.24 bits per heavy atom. The van der Waals surface area contributed by atoms with Crippen LogP contribution in [0.1, 0.15) is 11.1 Å². The Hall–Kier alpha value is -0.780. The van der Waals surface area contributed by atoms with Gasteiger partial charge in [-0.3, -0.25) is 0 Å². The normalized spacial score (nSPS) is 12.2. The molecule has 0 unspecified atom stereocenters. The van der Waals surface area contributed by atoms with Crippen LogP contribution in [0, 0.1) is 11.3 Å². The molecule has 17 heavy (non-hydrogen) atoms. The van der Waals surface area contributed by atoms with E-state index in [1.807, 2.05) is 0 Å². The van der Waals surface area contributed by atoms with Crippen LogP contribution in [-0.2, 0) is 15.2 Å². The van der Waals surface area contributed by atoms with Gasteiger partial charge in [-0.25, -0.2) is 8.42 Å². The SMILES string of the molecule is N#Cc1c(S(=O)(=O)Cl)ccc(C(F)(F)F)c1Br. The Labute approximate surface area is 107 Å². The van der Waals surface area contributed by atoms with Crippen molar-refractivity contribution in [3.8, 4) is 6.07 Å². The summed E-state index contributed by atoms with van der Waals surface area (Å²) >= 11 is 2.55. The van der Waals surface area contributed by atoms with E-state index in [0.717, 1.165) is 0 Å². The number of benzene rings is 1. The van der Waals surface area contributed by atoms with Crippen molar-refractivity contribution in [1.82, 2.24) is 0 Å². The van der Waals surface area contributed by atoms with Gasteiger partial charge in [0.15, 0.2) is 0 Å². The number of rotatable bonds is 1. The summed E-state index contributed by atoms with van der Waals surface area (Å²) in [5.74, 6) is 0. The average molecular weight is 349 g/mol. The van der Waals surface area contributed by atoms with E-state index in [9.17, 15) is 21.6 Å². The van der Waals surface area contributed by atoms with E-state index < -0.39 is 35.7 Å². The van der Waals surface area contributed by atoms with Gasteiger partial charge in [-0.2, -0.15) is 18.4 Å². The maximum Gasteiger partial charge on any atom is 0.417 e. The van der Waals surface area contributed by atoms with Gasteiger partial charge in [0, 0.05) is 15.2 Å². The second-order valence-corrected chi connectivity index (χ2v) is 6.18. The molecule has 0 aromatic heterocycles. The minimum absolute atomic E-state index is 0.542. The average Bonchev–Trinajstić information content (AvgIpc) is 2.13. The van der Waals surface area contributed by atoms with E-state index in [4.69, 9.17) is 15.9 Å². The van der Waals surface area contributed by atoms with Crippen molar-refractivity contribution in [2.45, 2.75) is 11.1 Å². The first-order valence-corrected chi connectivity index (χ1v) is 6.93. The van der Waals surface area contributed by atoms with Crippen molar-refractivity contribution in [2.75, 3.05) is 0 Å². The molecule has 0 N–H and O–H groups in total. The number of alkyl halides is 3. The molecule has 1 aromatic rings. The molecule has 1 aromatic carbocycles. The Morgan fingerprint density at radius 2 is 1.88 bits per heavy atom. The summed E-state index contributed by atoms with van der Waals surface area (Å²) in [6, 6.07) is 2.56. The minimum Gasteiger partial charge on any atom is -0.207 e. The van der Waals surface area contributed by atoms with Crippen molar-refractivity contribution >= 4 is 35.7 Å². The van der Waals surface area contributed by atoms with E-state index in [-0.39, 0.29) is 0 Å². The molecule has 0 fully saturated rings. The van der Waals surface area contributed by atoms with Crippen molar-refractivity contribution in [1.29, 1.82) is 5.26 Å². The third kappa shape index (κ3) is 2.91. The smallest absolute Gasteiger partial charge is 0.207 e. The Morgan fingerprint density at radius 1 is 1.35 bits per heavy atom. The first-order chi connectivity index (χ1) is 7.59. The van der Waals surface area contributed by atoms with Crippen LogP contribution in [0.5, 0.6) is 0 Å². The molecule has 0 saturated carbocycles. The summed E-state index contributed by atoms with van der Waals surface area (Å²) in [6.07, 6.45) is -4.70. The molecular formula is C8H2BrClF3NO2S. The van der Waals surface area contributed by atoms with Crippen molar-refractivity contribution in [2.24, 2.45) is 0 Å². The molecule has 3 nitrogen and oxygen atoms in total. The summed E-state index contributed by atoms with van der Waals surface area (Å²) in [6.45, 7) is 0. The Kier molecular flexibility index (Phi) is 3.76. The molecule has 0 saturated heterocycles. The third-order valence-electron chi connectivity index (χ3n) is 1.78. The van der Waals surface area contributed by atoms with Crippen LogP contribution >= 0.6 is 26.6 Å². The van der Waals surface area contributed by atoms with Crippen molar-refractivity contribution in [3.63, 3.8) is 0 Å². The largest absolute Gasteiger partial charge is 0.417 e. The predicted molar refractivity (Wildman–Crippen MR) is 56.9 cm³/mol. The lowest BCUT2D eigenvalue weighted by Crippen LogP contribution is -2.08. The highest BCUT2D eigenvalue weighted by Crippen LogP contribution is 2.38. The zero-order chi connectivity index (χ0) is 13.4. The molecule has 0 heterocycles. The third-order valence-corrected chi connectivity index (χ3v) is 3.97. The zero-order valence-corrected chi connectivity index (χ0v) is 10.9. The van der Waals surface area contributed by atoms with Gasteiger partial charge in [0.25, 0.3) is 9.05 Å². The van der Waals surface area contributed by atoms with Gasteiger partial charge in [0.05, 0.1) is 11.1 Å². The molecule has 0 radical (unpaired) electrons. The van der Waals surface area contributed by atoms with E-state index in [0.29, 0.717) is 12.1 Å². The lowest BCUT2D eigenvalue weighted by atomic mass is 10.1. The topological polar surface area (TPSA) is 57.9 Å². The number of nitriles is 1. The van der Waals surface area contributed by atoms with Gasteiger partial charge in [-0.05, 0) is 28.1 Å². The summed E-state index contributed by atoms with van der Waals surface area (Å²) in [5, 5.41) is 8.68. The minimum atomic E-state index is -4.70. The fourth-order valence-corrected chi connectivity index (χ4v) is 2.88. The number of hydrogen-bond donors (Lipinski definition) is 0. The van der Waals surface area contributed by atoms with Crippen molar-refractivity contribution < 1.29 is 21.6 Å². The highest BCUT2D eigenvalue weighted by atomic mass is 79.9. The lowest BCUT2D eigenvalue weighted by molar-refractivity contribution is -0.138. The monoisotopic (exact) mass is 347 g/mol. The molecule has 9 heteroatoms. The summed E-state index contributed by atoms with van der Waals surface area (Å²) < 4.78 is 58.8. The first kappa shape index (κ1) is 14.3. The van der Waals surface area contributed by atoms with E-state index in [2.05, 4.69) is 15.9 Å². The number of hydrogen-bond acceptors (Lipinski definition) is 3. The van der Waals surface area contributed by atoms with Crippen LogP contribution < -0.4 is 0 Å². The van der Waals surface area contributed by atoms with E-state index in [1.165, 1.54) is 6.07 Å². The molecular weight excluding hydrogens is 347 g/mol. The molecule has 0 atom stereocenters. The molecule has 0 aliphatic carbocycles. The second kappa shape index (κ2) is 4.48. The van der Waals surface area contributed by atoms with Gasteiger partial charge < -0.3 is 0 Å². The fourth-order valence-electron chi connectivity index (χ4n) is 1.08. The van der Waals surface area contributed by atoms with Gasteiger partial charge in [-0.1, -0.05) is 0 Å². The molecule has 0 aliphatic heterocycles. The maximum absolute atomic E-state index is 12.5. The van der Waals surface area contributed by atoms with Crippen LogP contribution in [0.25, 0.3) is 0 Å².